The number of nitrogens with zero attached hydrogens (tertiary/aromatic N) is 1. The Balaban J connectivity index is 1.45. The van der Waals surface area contributed by atoms with Crippen LogP contribution in [0.15, 0.2) is 89.3 Å². The second-order valence-electron chi connectivity index (χ2n) is 9.13. The molecule has 178 valence electrons. The number of carbonyl (C=O) groups excluding carboxylic acids is 1. The SMILES string of the molecule is O=C([O-])COc1cccc(C[C@@H]2CCCC[C@@H]2c2nc(-c3ccccc3)c(-c3ccccc3)o2)c1. The van der Waals surface area contributed by atoms with Gasteiger partial charge in [-0.05, 0) is 42.9 Å². The molecule has 1 saturated carbocycles. The summed E-state index contributed by atoms with van der Waals surface area (Å²) in [5.74, 6) is 1.54. The largest absolute Gasteiger partial charge is 0.546 e. The summed E-state index contributed by atoms with van der Waals surface area (Å²) >= 11 is 0. The molecule has 5 heteroatoms. The van der Waals surface area contributed by atoms with E-state index in [0.717, 1.165) is 59.7 Å². The van der Waals surface area contributed by atoms with Crippen LogP contribution < -0.4 is 9.84 Å². The fraction of sp³-hybridized carbons (Fsp3) is 0.267. The summed E-state index contributed by atoms with van der Waals surface area (Å²) in [4.78, 5) is 15.8. The maximum absolute atomic E-state index is 10.8. The molecule has 0 amide bonds. The number of carbonyl (C=O) groups is 1. The summed E-state index contributed by atoms with van der Waals surface area (Å²) in [6.07, 6.45) is 5.32. The van der Waals surface area contributed by atoms with Crippen LogP contribution in [0, 0.1) is 5.92 Å². The maximum Gasteiger partial charge on any atom is 0.198 e. The first kappa shape index (κ1) is 22.9. The normalized spacial score (nSPS) is 17.7. The Morgan fingerprint density at radius 2 is 1.63 bits per heavy atom. The third-order valence-electron chi connectivity index (χ3n) is 6.71. The molecule has 4 aromatic rings. The van der Waals surface area contributed by atoms with Crippen molar-refractivity contribution in [3.05, 3.63) is 96.4 Å². The molecular weight excluding hydrogens is 438 g/mol. The van der Waals surface area contributed by atoms with E-state index < -0.39 is 12.6 Å². The molecule has 1 heterocycles. The highest BCUT2D eigenvalue weighted by atomic mass is 16.5. The van der Waals surface area contributed by atoms with E-state index in [1.807, 2.05) is 48.5 Å². The Morgan fingerprint density at radius 1 is 0.914 bits per heavy atom. The second-order valence-corrected chi connectivity index (χ2v) is 9.13. The molecule has 0 unspecified atom stereocenters. The van der Waals surface area contributed by atoms with Crippen molar-refractivity contribution in [1.29, 1.82) is 0 Å². The maximum atomic E-state index is 10.8. The van der Waals surface area contributed by atoms with Gasteiger partial charge in [-0.2, -0.15) is 0 Å². The average Bonchev–Trinajstić information content (AvgIpc) is 3.34. The van der Waals surface area contributed by atoms with Gasteiger partial charge in [0, 0.05) is 17.0 Å². The van der Waals surface area contributed by atoms with E-state index in [1.54, 1.807) is 6.07 Å². The number of oxazole rings is 1. The quantitative estimate of drug-likeness (QED) is 0.335. The van der Waals surface area contributed by atoms with Gasteiger partial charge in [-0.15, -0.1) is 0 Å². The van der Waals surface area contributed by atoms with Crippen LogP contribution in [0.4, 0.5) is 0 Å². The van der Waals surface area contributed by atoms with Gasteiger partial charge in [0.05, 0.1) is 5.97 Å². The van der Waals surface area contributed by atoms with Crippen LogP contribution in [0.5, 0.6) is 5.75 Å². The molecule has 1 aliphatic carbocycles. The first-order valence-corrected chi connectivity index (χ1v) is 12.2. The van der Waals surface area contributed by atoms with Gasteiger partial charge in [-0.3, -0.25) is 0 Å². The molecule has 0 saturated heterocycles. The summed E-state index contributed by atoms with van der Waals surface area (Å²) in [6.45, 7) is -0.448. The summed E-state index contributed by atoms with van der Waals surface area (Å²) in [5, 5.41) is 10.8. The minimum atomic E-state index is -1.23. The molecule has 1 aromatic heterocycles. The summed E-state index contributed by atoms with van der Waals surface area (Å²) in [7, 11) is 0. The number of aromatic nitrogens is 1. The summed E-state index contributed by atoms with van der Waals surface area (Å²) in [5.41, 5.74) is 4.08. The van der Waals surface area contributed by atoms with Gasteiger partial charge in [0.25, 0.3) is 0 Å². The number of benzene rings is 3. The zero-order valence-corrected chi connectivity index (χ0v) is 19.6. The van der Waals surface area contributed by atoms with Gasteiger partial charge in [-0.1, -0.05) is 85.6 Å². The minimum absolute atomic E-state index is 0.219. The molecular formula is C30H28NO4-. The standard InChI is InChI=1S/C30H29NO4/c32-27(33)20-34-25-16-9-10-21(19-25)18-24-15-7-8-17-26(24)30-31-28(22-11-3-1-4-12-22)29(35-30)23-13-5-2-6-14-23/h1-6,9-14,16,19,24,26H,7-8,15,17-18,20H2,(H,32,33)/p-1/t24-,26-/m0/s1. The topological polar surface area (TPSA) is 75.4 Å². The van der Waals surface area contributed by atoms with Crippen molar-refractivity contribution in [2.24, 2.45) is 5.92 Å². The highest BCUT2D eigenvalue weighted by Gasteiger charge is 2.32. The van der Waals surface area contributed by atoms with Crippen LogP contribution in [0.3, 0.4) is 0 Å². The Labute approximate surface area is 205 Å². The average molecular weight is 467 g/mol. The van der Waals surface area contributed by atoms with Crippen molar-refractivity contribution in [2.45, 2.75) is 38.0 Å². The van der Waals surface area contributed by atoms with Crippen LogP contribution in [0.1, 0.15) is 43.1 Å². The van der Waals surface area contributed by atoms with Crippen molar-refractivity contribution in [3.8, 4) is 28.3 Å². The van der Waals surface area contributed by atoms with E-state index in [0.29, 0.717) is 11.7 Å². The van der Waals surface area contributed by atoms with Crippen molar-refractivity contribution < 1.29 is 19.1 Å². The van der Waals surface area contributed by atoms with Crippen LogP contribution in [0.2, 0.25) is 0 Å². The van der Waals surface area contributed by atoms with E-state index in [9.17, 15) is 9.90 Å². The number of carboxylic acids is 1. The molecule has 2 atom stereocenters. The fourth-order valence-corrected chi connectivity index (χ4v) is 5.06. The molecule has 0 bridgehead atoms. The monoisotopic (exact) mass is 466 g/mol. The van der Waals surface area contributed by atoms with Gasteiger partial charge < -0.3 is 19.1 Å². The lowest BCUT2D eigenvalue weighted by molar-refractivity contribution is -0.307. The molecule has 0 spiro atoms. The number of hydrogen-bond donors (Lipinski definition) is 0. The number of hydrogen-bond acceptors (Lipinski definition) is 5. The third-order valence-corrected chi connectivity index (χ3v) is 6.71. The van der Waals surface area contributed by atoms with Crippen LogP contribution in [-0.4, -0.2) is 17.6 Å². The van der Waals surface area contributed by atoms with Crippen molar-refractivity contribution in [2.75, 3.05) is 6.61 Å². The Morgan fingerprint density at radius 3 is 2.37 bits per heavy atom. The Bertz CT molecular complexity index is 1210. The number of rotatable bonds is 8. The molecule has 1 aliphatic rings. The lowest BCUT2D eigenvalue weighted by atomic mass is 9.76. The molecule has 0 radical (unpaired) electrons. The molecule has 5 nitrogen and oxygen atoms in total. The van der Waals surface area contributed by atoms with Crippen molar-refractivity contribution >= 4 is 5.97 Å². The van der Waals surface area contributed by atoms with E-state index in [2.05, 4.69) is 30.3 Å². The highest BCUT2D eigenvalue weighted by molar-refractivity contribution is 5.76. The first-order chi connectivity index (χ1) is 17.2. The van der Waals surface area contributed by atoms with E-state index >= 15 is 0 Å². The van der Waals surface area contributed by atoms with Crippen molar-refractivity contribution in [1.82, 2.24) is 4.98 Å². The van der Waals surface area contributed by atoms with Gasteiger partial charge in [-0.25, -0.2) is 4.98 Å². The van der Waals surface area contributed by atoms with Crippen LogP contribution in [0.25, 0.3) is 22.6 Å². The van der Waals surface area contributed by atoms with E-state index in [1.165, 1.54) is 6.42 Å². The minimum Gasteiger partial charge on any atom is -0.546 e. The predicted molar refractivity (Wildman–Crippen MR) is 133 cm³/mol. The van der Waals surface area contributed by atoms with Crippen molar-refractivity contribution in [3.63, 3.8) is 0 Å². The predicted octanol–water partition coefficient (Wildman–Crippen LogP) is 5.65. The highest BCUT2D eigenvalue weighted by Crippen LogP contribution is 2.43. The number of ether oxygens (including phenoxy) is 1. The second kappa shape index (κ2) is 10.6. The van der Waals surface area contributed by atoms with Gasteiger partial charge >= 0.3 is 0 Å². The lowest BCUT2D eigenvalue weighted by Gasteiger charge is -2.29. The van der Waals surface area contributed by atoms with Crippen LogP contribution >= 0.6 is 0 Å². The first-order valence-electron chi connectivity index (χ1n) is 12.2. The number of carboxylic acid groups (broad SMARTS) is 1. The van der Waals surface area contributed by atoms with E-state index in [-0.39, 0.29) is 5.92 Å². The van der Waals surface area contributed by atoms with E-state index in [4.69, 9.17) is 14.1 Å². The smallest absolute Gasteiger partial charge is 0.198 e. The fourth-order valence-electron chi connectivity index (χ4n) is 5.06. The third kappa shape index (κ3) is 5.46. The van der Waals surface area contributed by atoms with Crippen LogP contribution in [-0.2, 0) is 11.2 Å². The summed E-state index contributed by atoms with van der Waals surface area (Å²) < 4.78 is 11.9. The molecule has 35 heavy (non-hydrogen) atoms. The molecule has 0 aliphatic heterocycles. The number of aliphatic carboxylic acids is 1. The lowest BCUT2D eigenvalue weighted by Crippen LogP contribution is -2.28. The van der Waals surface area contributed by atoms with Gasteiger partial charge in [0.15, 0.2) is 11.7 Å². The molecule has 1 fully saturated rings. The molecule has 3 aromatic carbocycles. The Kier molecular flexibility index (Phi) is 6.94. The van der Waals surface area contributed by atoms with Gasteiger partial charge in [0.1, 0.15) is 18.1 Å². The molecule has 5 rings (SSSR count). The molecule has 0 N–H and O–H groups in total. The van der Waals surface area contributed by atoms with Gasteiger partial charge in [0.2, 0.25) is 0 Å². The zero-order valence-electron chi connectivity index (χ0n) is 19.6. The Hall–Kier alpha value is -3.86. The zero-order chi connectivity index (χ0) is 24.0. The summed E-state index contributed by atoms with van der Waals surface area (Å²) in [6, 6.07) is 28.0.